The highest BCUT2D eigenvalue weighted by molar-refractivity contribution is 9.10. The van der Waals surface area contributed by atoms with Crippen LogP contribution in [0.15, 0.2) is 34.9 Å². The van der Waals surface area contributed by atoms with Crippen LogP contribution in [-0.4, -0.2) is 30.5 Å². The summed E-state index contributed by atoms with van der Waals surface area (Å²) in [6, 6.07) is 6.65. The molecule has 0 aliphatic heterocycles. The second-order valence-electron chi connectivity index (χ2n) is 4.91. The van der Waals surface area contributed by atoms with Gasteiger partial charge in [-0.2, -0.15) is 0 Å². The van der Waals surface area contributed by atoms with E-state index in [9.17, 15) is 9.59 Å². The smallest absolute Gasteiger partial charge is 0.255 e. The van der Waals surface area contributed by atoms with Crippen LogP contribution in [0, 0.1) is 0 Å². The van der Waals surface area contributed by atoms with Crippen molar-refractivity contribution in [1.29, 1.82) is 0 Å². The molecule has 132 valence electrons. The normalized spacial score (nSPS) is 10.2. The maximum atomic E-state index is 12.2. The van der Waals surface area contributed by atoms with E-state index >= 15 is 0 Å². The van der Waals surface area contributed by atoms with Crippen molar-refractivity contribution in [3.05, 3.63) is 51.2 Å². The Bertz CT molecular complexity index is 801. The highest BCUT2D eigenvalue weighted by Crippen LogP contribution is 2.28. The molecular formula is C16H15BrClN3O4. The molecule has 9 heteroatoms. The summed E-state index contributed by atoms with van der Waals surface area (Å²) in [5.74, 6) is -0.129. The minimum Gasteiger partial charge on any atom is -0.493 e. The lowest BCUT2D eigenvalue weighted by atomic mass is 10.2. The maximum Gasteiger partial charge on any atom is 0.255 e. The van der Waals surface area contributed by atoms with Gasteiger partial charge in [-0.3, -0.25) is 9.59 Å². The molecule has 0 fully saturated rings. The van der Waals surface area contributed by atoms with Gasteiger partial charge in [-0.05, 0) is 39.7 Å². The molecule has 1 heterocycles. The van der Waals surface area contributed by atoms with E-state index in [-0.39, 0.29) is 29.8 Å². The predicted molar refractivity (Wildman–Crippen MR) is 95.8 cm³/mol. The number of halogens is 2. The van der Waals surface area contributed by atoms with Crippen molar-refractivity contribution in [2.45, 2.75) is 6.54 Å². The van der Waals surface area contributed by atoms with Crippen molar-refractivity contribution in [1.82, 2.24) is 10.3 Å². The zero-order chi connectivity index (χ0) is 18.4. The molecular weight excluding hydrogens is 414 g/mol. The van der Waals surface area contributed by atoms with E-state index in [0.717, 1.165) is 5.56 Å². The third-order valence-corrected chi connectivity index (χ3v) is 3.84. The van der Waals surface area contributed by atoms with Gasteiger partial charge < -0.3 is 20.5 Å². The first kappa shape index (κ1) is 19.0. The molecule has 3 N–H and O–H groups in total. The second kappa shape index (κ2) is 8.68. The lowest BCUT2D eigenvalue weighted by Gasteiger charge is -2.12. The Morgan fingerprint density at radius 1 is 1.32 bits per heavy atom. The number of methoxy groups -OCH3 is 1. The van der Waals surface area contributed by atoms with Gasteiger partial charge in [0.15, 0.2) is 18.1 Å². The number of primary amides is 1. The van der Waals surface area contributed by atoms with Gasteiger partial charge in [0.05, 0.1) is 12.7 Å². The molecule has 0 spiro atoms. The number of hydrogen-bond acceptors (Lipinski definition) is 5. The molecule has 2 aromatic rings. The van der Waals surface area contributed by atoms with Gasteiger partial charge in [0.2, 0.25) is 0 Å². The quantitative estimate of drug-likeness (QED) is 0.659. The number of amides is 2. The number of nitrogens with two attached hydrogens (primary N) is 1. The van der Waals surface area contributed by atoms with Crippen molar-refractivity contribution < 1.29 is 19.1 Å². The van der Waals surface area contributed by atoms with Crippen molar-refractivity contribution in [3.63, 3.8) is 0 Å². The van der Waals surface area contributed by atoms with Crippen LogP contribution in [0.3, 0.4) is 0 Å². The molecule has 0 atom stereocenters. The summed E-state index contributed by atoms with van der Waals surface area (Å²) in [6.07, 6.45) is 1.51. The number of carbonyl (C=O) groups is 2. The van der Waals surface area contributed by atoms with Crippen LogP contribution in [0.4, 0.5) is 0 Å². The highest BCUT2D eigenvalue weighted by Gasteiger charge is 2.13. The summed E-state index contributed by atoms with van der Waals surface area (Å²) in [7, 11) is 1.47. The first-order valence-corrected chi connectivity index (χ1v) is 8.25. The van der Waals surface area contributed by atoms with Gasteiger partial charge in [0.25, 0.3) is 11.8 Å². The molecule has 0 aliphatic carbocycles. The second-order valence-corrected chi connectivity index (χ2v) is 6.19. The van der Waals surface area contributed by atoms with Gasteiger partial charge in [0, 0.05) is 17.2 Å². The first-order valence-electron chi connectivity index (χ1n) is 7.08. The molecule has 0 saturated carbocycles. The van der Waals surface area contributed by atoms with Crippen LogP contribution < -0.4 is 20.5 Å². The van der Waals surface area contributed by atoms with Gasteiger partial charge in [-0.15, -0.1) is 0 Å². The van der Waals surface area contributed by atoms with Gasteiger partial charge in [0.1, 0.15) is 5.15 Å². The number of rotatable bonds is 7. The zero-order valence-electron chi connectivity index (χ0n) is 13.2. The van der Waals surface area contributed by atoms with Crippen LogP contribution in [-0.2, 0) is 11.3 Å². The number of nitrogens with one attached hydrogen (secondary N) is 1. The number of ether oxygens (including phenoxy) is 2. The lowest BCUT2D eigenvalue weighted by Crippen LogP contribution is -2.23. The molecule has 0 radical (unpaired) electrons. The summed E-state index contributed by atoms with van der Waals surface area (Å²) in [5.41, 5.74) is 6.09. The van der Waals surface area contributed by atoms with E-state index in [1.54, 1.807) is 24.3 Å². The van der Waals surface area contributed by atoms with Gasteiger partial charge >= 0.3 is 0 Å². The van der Waals surface area contributed by atoms with Crippen LogP contribution in [0.5, 0.6) is 11.5 Å². The van der Waals surface area contributed by atoms with E-state index in [1.807, 2.05) is 0 Å². The van der Waals surface area contributed by atoms with Crippen LogP contribution in [0.1, 0.15) is 15.9 Å². The molecule has 0 unspecified atom stereocenters. The molecule has 1 aromatic carbocycles. The molecule has 1 aromatic heterocycles. The molecule has 2 rings (SSSR count). The molecule has 7 nitrogen and oxygen atoms in total. The van der Waals surface area contributed by atoms with Crippen molar-refractivity contribution >= 4 is 39.3 Å². The Morgan fingerprint density at radius 2 is 2.08 bits per heavy atom. The number of pyridine rings is 1. The lowest BCUT2D eigenvalue weighted by molar-refractivity contribution is -0.119. The first-order chi connectivity index (χ1) is 11.9. The van der Waals surface area contributed by atoms with Crippen LogP contribution in [0.25, 0.3) is 0 Å². The summed E-state index contributed by atoms with van der Waals surface area (Å²) >= 11 is 9.18. The Morgan fingerprint density at radius 3 is 2.76 bits per heavy atom. The monoisotopic (exact) mass is 427 g/mol. The minimum atomic E-state index is -0.585. The standard InChI is InChI=1S/C16H15BrClN3O4/c1-24-13-4-9(2-3-12(13)25-8-14(19)22)6-21-16(23)11-5-10(17)7-20-15(11)18/h2-5,7H,6,8H2,1H3,(H2,19,22)(H,21,23). The number of benzene rings is 1. The highest BCUT2D eigenvalue weighted by atomic mass is 79.9. The van der Waals surface area contributed by atoms with Crippen molar-refractivity contribution in [2.24, 2.45) is 5.73 Å². The topological polar surface area (TPSA) is 104 Å². The van der Waals surface area contributed by atoms with Crippen LogP contribution >= 0.6 is 27.5 Å². The Hall–Kier alpha value is -2.32. The molecule has 0 saturated heterocycles. The average molecular weight is 429 g/mol. The predicted octanol–water partition coefficient (Wildman–Crippen LogP) is 2.30. The Labute approximate surface area is 157 Å². The third-order valence-electron chi connectivity index (χ3n) is 3.10. The average Bonchev–Trinajstić information content (AvgIpc) is 2.60. The number of nitrogens with zero attached hydrogens (tertiary/aromatic N) is 1. The Balaban J connectivity index is 2.06. The summed E-state index contributed by atoms with van der Waals surface area (Å²) in [5, 5.41) is 2.87. The fourth-order valence-corrected chi connectivity index (χ4v) is 2.47. The third kappa shape index (κ3) is 5.33. The summed E-state index contributed by atoms with van der Waals surface area (Å²) in [4.78, 5) is 26.9. The number of aromatic nitrogens is 1. The van der Waals surface area contributed by atoms with Gasteiger partial charge in [-0.1, -0.05) is 17.7 Å². The van der Waals surface area contributed by atoms with Gasteiger partial charge in [-0.25, -0.2) is 4.98 Å². The van der Waals surface area contributed by atoms with E-state index < -0.39 is 5.91 Å². The molecule has 0 aliphatic rings. The number of carbonyl (C=O) groups excluding carboxylic acids is 2. The fraction of sp³-hybridized carbons (Fsp3) is 0.188. The van der Waals surface area contributed by atoms with Crippen molar-refractivity contribution in [2.75, 3.05) is 13.7 Å². The van der Waals surface area contributed by atoms with E-state index in [4.69, 9.17) is 26.8 Å². The molecule has 2 amide bonds. The van der Waals surface area contributed by atoms with Crippen LogP contribution in [0.2, 0.25) is 5.15 Å². The zero-order valence-corrected chi connectivity index (χ0v) is 15.6. The summed E-state index contributed by atoms with van der Waals surface area (Å²) in [6.45, 7) is -0.00500. The molecule has 25 heavy (non-hydrogen) atoms. The van der Waals surface area contributed by atoms with E-state index in [1.165, 1.54) is 13.3 Å². The minimum absolute atomic E-state index is 0.119. The maximum absolute atomic E-state index is 12.2. The van der Waals surface area contributed by atoms with E-state index in [0.29, 0.717) is 16.0 Å². The van der Waals surface area contributed by atoms with E-state index in [2.05, 4.69) is 26.2 Å². The largest absolute Gasteiger partial charge is 0.493 e. The molecule has 0 bridgehead atoms. The SMILES string of the molecule is COc1cc(CNC(=O)c2cc(Br)cnc2Cl)ccc1OCC(N)=O. The fourth-order valence-electron chi connectivity index (χ4n) is 1.95. The number of hydrogen-bond donors (Lipinski definition) is 2. The Kier molecular flexibility index (Phi) is 6.60. The summed E-state index contributed by atoms with van der Waals surface area (Å²) < 4.78 is 11.1. The van der Waals surface area contributed by atoms with Crippen molar-refractivity contribution in [3.8, 4) is 11.5 Å².